The minimum atomic E-state index is -8.28. The van der Waals surface area contributed by atoms with E-state index in [9.17, 15) is 20.3 Å². The number of nitrogens with one attached hydrogen (secondary N) is 1. The van der Waals surface area contributed by atoms with Gasteiger partial charge in [0.05, 0.1) is 23.5 Å². The fourth-order valence-electron chi connectivity index (χ4n) is 1.46. The number of hydrogen-bond acceptors (Lipinski definition) is 4. The van der Waals surface area contributed by atoms with Gasteiger partial charge in [0, 0.05) is 14.0 Å². The Bertz CT molecular complexity index is 657. The van der Waals surface area contributed by atoms with Crippen LogP contribution in [-0.2, 0) is 9.53 Å². The molecule has 0 aliphatic heterocycles. The van der Waals surface area contributed by atoms with Gasteiger partial charge in [-0.25, -0.2) is 0 Å². The van der Waals surface area contributed by atoms with Crippen molar-refractivity contribution in [1.29, 1.82) is 5.41 Å². The van der Waals surface area contributed by atoms with E-state index in [-0.39, 0.29) is 17.0 Å². The van der Waals surface area contributed by atoms with E-state index < -0.39 is 20.3 Å². The molecule has 1 N–H and O–H groups in total. The summed E-state index contributed by atoms with van der Waals surface area (Å²) in [7, 11) is -6.65. The third-order valence-electron chi connectivity index (χ3n) is 2.66. The molecule has 1 aromatic carbocycles. The highest BCUT2D eigenvalue weighted by atomic mass is 32.9. The van der Waals surface area contributed by atoms with E-state index in [0.717, 1.165) is 23.9 Å². The summed E-state index contributed by atoms with van der Waals surface area (Å²) in [6.45, 7) is 1.66. The zero-order chi connectivity index (χ0) is 18.0. The average molecular weight is 389 g/mol. The number of halogens is 4. The summed E-state index contributed by atoms with van der Waals surface area (Å²) < 4.78 is 57.3. The highest BCUT2D eigenvalue weighted by Gasteiger charge is 2.59. The van der Waals surface area contributed by atoms with E-state index in [4.69, 9.17) is 5.41 Å². The topological polar surface area (TPSA) is 50.2 Å². The van der Waals surface area contributed by atoms with Gasteiger partial charge in [0.25, 0.3) is 0 Å². The summed E-state index contributed by atoms with van der Waals surface area (Å²) >= 11 is 0.983. The summed E-state index contributed by atoms with van der Waals surface area (Å²) in [5.41, 5.74) is 0.219. The molecule has 0 fully saturated rings. The lowest BCUT2D eigenvalue weighted by Gasteiger charge is -2.45. The van der Waals surface area contributed by atoms with Gasteiger partial charge < -0.3 is 4.74 Å². The number of rotatable bonds is 5. The molecule has 0 heterocycles. The van der Waals surface area contributed by atoms with Crippen LogP contribution >= 0.6 is 29.7 Å². The first kappa shape index (κ1) is 20.0. The molecule has 1 aromatic rings. The molecule has 0 saturated carbocycles. The van der Waals surface area contributed by atoms with Crippen LogP contribution in [0.15, 0.2) is 40.1 Å². The maximum Gasteiger partial charge on any atom is 0.309 e. The zero-order valence-electron chi connectivity index (χ0n) is 12.3. The van der Waals surface area contributed by atoms with Crippen molar-refractivity contribution < 1.29 is 25.1 Å². The largest absolute Gasteiger partial charge is 0.469 e. The highest BCUT2D eigenvalue weighted by Crippen LogP contribution is 3.05. The molecule has 0 amide bonds. The van der Waals surface area contributed by atoms with Gasteiger partial charge in [-0.1, -0.05) is 30.0 Å². The van der Waals surface area contributed by atoms with Gasteiger partial charge in [0.15, 0.2) is 9.46 Å². The Morgan fingerprint density at radius 2 is 1.83 bits per heavy atom. The predicted octanol–water partition coefficient (Wildman–Crippen LogP) is 5.78. The van der Waals surface area contributed by atoms with Crippen molar-refractivity contribution >= 4 is 40.7 Å². The molecule has 130 valence electrons. The molecule has 3 nitrogen and oxygen atoms in total. The van der Waals surface area contributed by atoms with Crippen molar-refractivity contribution in [3.63, 3.8) is 0 Å². The summed E-state index contributed by atoms with van der Waals surface area (Å²) in [6, 6.07) is 3.32. The Morgan fingerprint density at radius 3 is 2.26 bits per heavy atom. The van der Waals surface area contributed by atoms with Gasteiger partial charge in [-0.2, -0.15) is 0 Å². The third kappa shape index (κ3) is 6.53. The zero-order valence-corrected chi connectivity index (χ0v) is 15.1. The molecule has 1 unspecified atom stereocenters. The standard InChI is InChI=1S/C13H16F4NO2PS2/c1-9(3-8-12(19)20-2)22-13(18)10-4-6-11(7-5-10)23(14,15,16,17)21/h3-7,18H,8,21H2,1-2H3/b9-3+,18-13?. The summed E-state index contributed by atoms with van der Waals surface area (Å²) in [6.07, 6.45) is 1.59. The molecule has 0 bridgehead atoms. The minimum Gasteiger partial charge on any atom is -0.469 e. The van der Waals surface area contributed by atoms with Gasteiger partial charge >= 0.3 is 5.97 Å². The quantitative estimate of drug-likeness (QED) is 0.228. The predicted molar refractivity (Wildman–Crippen MR) is 91.3 cm³/mol. The van der Waals surface area contributed by atoms with E-state index in [1.54, 1.807) is 13.0 Å². The van der Waals surface area contributed by atoms with Crippen LogP contribution in [0.5, 0.6) is 0 Å². The van der Waals surface area contributed by atoms with Gasteiger partial charge in [0.2, 0.25) is 0 Å². The number of methoxy groups -OCH3 is 1. The second kappa shape index (κ2) is 6.11. The summed E-state index contributed by atoms with van der Waals surface area (Å²) in [5.74, 6) is -0.436. The number of esters is 1. The van der Waals surface area contributed by atoms with Crippen molar-refractivity contribution in [3.8, 4) is 0 Å². The maximum absolute atomic E-state index is 13.2. The molecular formula is C13H16F4NO2PS2. The number of carbonyl (C=O) groups excluding carboxylic acids is 1. The smallest absolute Gasteiger partial charge is 0.309 e. The van der Waals surface area contributed by atoms with Crippen molar-refractivity contribution in [1.82, 2.24) is 0 Å². The van der Waals surface area contributed by atoms with E-state index in [1.165, 1.54) is 7.11 Å². The molecule has 0 saturated heterocycles. The Labute approximate surface area is 137 Å². The maximum atomic E-state index is 13.2. The fraction of sp³-hybridized carbons (Fsp3) is 0.231. The van der Waals surface area contributed by atoms with Gasteiger partial charge in [-0.15, -0.1) is 15.5 Å². The molecule has 1 rings (SSSR count). The van der Waals surface area contributed by atoms with Crippen LogP contribution in [0.2, 0.25) is 0 Å². The fourth-order valence-corrected chi connectivity index (χ4v) is 3.38. The number of carbonyl (C=O) groups is 1. The Kier molecular flexibility index (Phi) is 5.31. The molecule has 1 atom stereocenters. The molecule has 23 heavy (non-hydrogen) atoms. The molecule has 0 aliphatic rings. The number of thioether (sulfide) groups is 1. The van der Waals surface area contributed by atoms with Crippen LogP contribution < -0.4 is 0 Å². The minimum absolute atomic E-state index is 0.0118. The van der Waals surface area contributed by atoms with Crippen molar-refractivity contribution in [2.45, 2.75) is 18.2 Å². The van der Waals surface area contributed by atoms with Crippen molar-refractivity contribution in [2.24, 2.45) is 0 Å². The lowest BCUT2D eigenvalue weighted by atomic mass is 10.2. The van der Waals surface area contributed by atoms with E-state index >= 15 is 0 Å². The summed E-state index contributed by atoms with van der Waals surface area (Å²) in [4.78, 5) is 10.3. The molecule has 0 spiro atoms. The number of allylic oxidation sites excluding steroid dienone is 1. The SMILES string of the molecule is COC(=O)C/C=C(\C)SC(=N)c1ccc(S(F)(F)(F)(F)P)cc1. The van der Waals surface area contributed by atoms with Crippen LogP contribution in [0.25, 0.3) is 0 Å². The average Bonchev–Trinajstić information content (AvgIpc) is 2.42. The lowest BCUT2D eigenvalue weighted by molar-refractivity contribution is -0.139. The van der Waals surface area contributed by atoms with Crippen LogP contribution in [0.4, 0.5) is 15.5 Å². The van der Waals surface area contributed by atoms with Crippen LogP contribution in [-0.4, -0.2) is 18.1 Å². The summed E-state index contributed by atoms with van der Waals surface area (Å²) in [5, 5.41) is 7.84. The van der Waals surface area contributed by atoms with Gasteiger partial charge in [-0.05, 0) is 24.0 Å². The molecule has 10 heteroatoms. The number of benzene rings is 1. The van der Waals surface area contributed by atoms with Gasteiger partial charge in [0.1, 0.15) is 0 Å². The Morgan fingerprint density at radius 1 is 1.30 bits per heavy atom. The second-order valence-corrected chi connectivity index (χ2v) is 11.5. The number of hydrogen-bond donors (Lipinski definition) is 1. The number of ether oxygens (including phenoxy) is 1. The van der Waals surface area contributed by atoms with Gasteiger partial charge in [-0.3, -0.25) is 10.2 Å². The first-order valence-electron chi connectivity index (χ1n) is 6.15. The molecule has 0 aromatic heterocycles. The van der Waals surface area contributed by atoms with Crippen LogP contribution in [0.1, 0.15) is 18.9 Å². The molecular weight excluding hydrogens is 373 g/mol. The van der Waals surface area contributed by atoms with E-state index in [0.29, 0.717) is 25.5 Å². The van der Waals surface area contributed by atoms with Crippen molar-refractivity contribution in [2.75, 3.05) is 7.11 Å². The first-order valence-corrected chi connectivity index (χ1v) is 10.5. The Hall–Kier alpha value is -1.05. The monoisotopic (exact) mass is 389 g/mol. The normalized spacial score (nSPS) is 15.5. The third-order valence-corrected chi connectivity index (χ3v) is 5.66. The molecule has 0 aliphatic carbocycles. The van der Waals surface area contributed by atoms with Crippen LogP contribution in [0.3, 0.4) is 0 Å². The van der Waals surface area contributed by atoms with Crippen molar-refractivity contribution in [3.05, 3.63) is 40.8 Å². The second-order valence-electron chi connectivity index (χ2n) is 4.68. The van der Waals surface area contributed by atoms with E-state index in [2.05, 4.69) is 4.74 Å². The lowest BCUT2D eigenvalue weighted by Crippen LogP contribution is -2.04. The Balaban J connectivity index is 2.86. The van der Waals surface area contributed by atoms with Crippen LogP contribution in [0, 0.1) is 5.41 Å². The highest BCUT2D eigenvalue weighted by molar-refractivity contribution is 8.81. The molecule has 0 radical (unpaired) electrons. The van der Waals surface area contributed by atoms with E-state index in [1.807, 2.05) is 0 Å². The first-order chi connectivity index (χ1) is 10.2.